The van der Waals surface area contributed by atoms with Gasteiger partial charge in [-0.2, -0.15) is 4.98 Å². The lowest BCUT2D eigenvalue weighted by Crippen LogP contribution is -2.02. The molecule has 2 aromatic heterocycles. The van der Waals surface area contributed by atoms with Crippen molar-refractivity contribution in [1.82, 2.24) is 9.97 Å². The standard InChI is InChI=1S/C21H19N3O3/c1-25-17-6-3-5-15(19(17)26-2)13-23-16-10-8-14(9-11-16)21-24-20-18(27-21)7-4-12-22-20/h3-12,23H,13H2,1-2H3. The first-order valence-corrected chi connectivity index (χ1v) is 8.54. The van der Waals surface area contributed by atoms with E-state index < -0.39 is 0 Å². The molecule has 0 fully saturated rings. The van der Waals surface area contributed by atoms with Crippen LogP contribution in [0.25, 0.3) is 22.7 Å². The van der Waals surface area contributed by atoms with Gasteiger partial charge in [0, 0.05) is 29.6 Å². The molecule has 6 heteroatoms. The molecule has 4 aromatic rings. The number of ether oxygens (including phenoxy) is 2. The van der Waals surface area contributed by atoms with E-state index in [4.69, 9.17) is 13.9 Å². The van der Waals surface area contributed by atoms with Gasteiger partial charge in [-0.1, -0.05) is 12.1 Å². The molecular formula is C21H19N3O3. The Labute approximate surface area is 156 Å². The zero-order valence-corrected chi connectivity index (χ0v) is 15.1. The molecule has 0 saturated heterocycles. The Kier molecular flexibility index (Phi) is 4.61. The predicted molar refractivity (Wildman–Crippen MR) is 104 cm³/mol. The number of fused-ring (bicyclic) bond motifs is 1. The molecule has 6 nitrogen and oxygen atoms in total. The Balaban J connectivity index is 1.50. The highest BCUT2D eigenvalue weighted by molar-refractivity contribution is 5.72. The van der Waals surface area contributed by atoms with Crippen LogP contribution in [0.2, 0.25) is 0 Å². The summed E-state index contributed by atoms with van der Waals surface area (Å²) < 4.78 is 16.6. The summed E-state index contributed by atoms with van der Waals surface area (Å²) in [4.78, 5) is 8.62. The topological polar surface area (TPSA) is 69.4 Å². The van der Waals surface area contributed by atoms with E-state index in [0.29, 0.717) is 23.7 Å². The fourth-order valence-electron chi connectivity index (χ4n) is 2.91. The second kappa shape index (κ2) is 7.37. The Bertz CT molecular complexity index is 1020. The SMILES string of the molecule is COc1cccc(CNc2ccc(-c3nc4ncccc4o3)cc2)c1OC. The number of nitrogens with zero attached hydrogens (tertiary/aromatic N) is 2. The van der Waals surface area contributed by atoms with Crippen LogP contribution in [-0.2, 0) is 6.54 Å². The summed E-state index contributed by atoms with van der Waals surface area (Å²) in [6.45, 7) is 0.618. The second-order valence-electron chi connectivity index (χ2n) is 5.93. The van der Waals surface area contributed by atoms with Crippen molar-refractivity contribution in [2.75, 3.05) is 19.5 Å². The fourth-order valence-corrected chi connectivity index (χ4v) is 2.91. The Morgan fingerprint density at radius 3 is 2.56 bits per heavy atom. The molecule has 136 valence electrons. The maximum absolute atomic E-state index is 5.75. The minimum atomic E-state index is 0.560. The minimum Gasteiger partial charge on any atom is -0.493 e. The Hall–Kier alpha value is -3.54. The van der Waals surface area contributed by atoms with Crippen LogP contribution in [0, 0.1) is 0 Å². The first-order valence-electron chi connectivity index (χ1n) is 8.54. The molecule has 0 radical (unpaired) electrons. The van der Waals surface area contributed by atoms with E-state index in [0.717, 1.165) is 28.3 Å². The van der Waals surface area contributed by atoms with Crippen molar-refractivity contribution in [2.24, 2.45) is 0 Å². The maximum atomic E-state index is 5.75. The number of methoxy groups -OCH3 is 2. The third-order valence-corrected chi connectivity index (χ3v) is 4.26. The van der Waals surface area contributed by atoms with Crippen molar-refractivity contribution in [3.05, 3.63) is 66.4 Å². The number of para-hydroxylation sites is 1. The molecule has 27 heavy (non-hydrogen) atoms. The van der Waals surface area contributed by atoms with Gasteiger partial charge in [0.15, 0.2) is 22.7 Å². The highest BCUT2D eigenvalue weighted by atomic mass is 16.5. The summed E-state index contributed by atoms with van der Waals surface area (Å²) in [7, 11) is 3.28. The molecule has 0 atom stereocenters. The lowest BCUT2D eigenvalue weighted by Gasteiger charge is -2.13. The van der Waals surface area contributed by atoms with Crippen molar-refractivity contribution in [1.29, 1.82) is 0 Å². The van der Waals surface area contributed by atoms with Crippen LogP contribution in [0.4, 0.5) is 5.69 Å². The van der Waals surface area contributed by atoms with Gasteiger partial charge in [0.05, 0.1) is 14.2 Å². The van der Waals surface area contributed by atoms with Gasteiger partial charge in [-0.05, 0) is 42.5 Å². The quantitative estimate of drug-likeness (QED) is 0.544. The normalized spacial score (nSPS) is 10.7. The van der Waals surface area contributed by atoms with E-state index in [9.17, 15) is 0 Å². The number of oxazole rings is 1. The van der Waals surface area contributed by atoms with Gasteiger partial charge >= 0.3 is 0 Å². The van der Waals surface area contributed by atoms with E-state index in [1.807, 2.05) is 54.6 Å². The first kappa shape index (κ1) is 16.9. The van der Waals surface area contributed by atoms with Gasteiger partial charge in [-0.25, -0.2) is 4.98 Å². The lowest BCUT2D eigenvalue weighted by molar-refractivity contribution is 0.352. The average molecular weight is 361 g/mol. The Morgan fingerprint density at radius 1 is 0.963 bits per heavy atom. The molecule has 0 bridgehead atoms. The number of benzene rings is 2. The van der Waals surface area contributed by atoms with Crippen LogP contribution < -0.4 is 14.8 Å². The number of hydrogen-bond acceptors (Lipinski definition) is 6. The molecule has 0 aliphatic rings. The minimum absolute atomic E-state index is 0.560. The van der Waals surface area contributed by atoms with E-state index in [1.165, 1.54) is 0 Å². The number of aromatic nitrogens is 2. The average Bonchev–Trinajstić information content (AvgIpc) is 3.16. The van der Waals surface area contributed by atoms with Crippen molar-refractivity contribution in [2.45, 2.75) is 6.54 Å². The predicted octanol–water partition coefficient (Wildman–Crippen LogP) is 4.52. The molecule has 0 aliphatic heterocycles. The molecule has 0 amide bonds. The van der Waals surface area contributed by atoms with Gasteiger partial charge < -0.3 is 19.2 Å². The zero-order chi connectivity index (χ0) is 18.6. The van der Waals surface area contributed by atoms with Crippen LogP contribution in [0.15, 0.2) is 65.2 Å². The third-order valence-electron chi connectivity index (χ3n) is 4.26. The monoisotopic (exact) mass is 361 g/mol. The summed E-state index contributed by atoms with van der Waals surface area (Å²) in [6.07, 6.45) is 1.70. The van der Waals surface area contributed by atoms with Crippen molar-refractivity contribution in [3.63, 3.8) is 0 Å². The molecular weight excluding hydrogens is 342 g/mol. The highest BCUT2D eigenvalue weighted by Crippen LogP contribution is 2.31. The first-order chi connectivity index (χ1) is 13.3. The zero-order valence-electron chi connectivity index (χ0n) is 15.1. The van der Waals surface area contributed by atoms with Crippen LogP contribution in [0.1, 0.15) is 5.56 Å². The largest absolute Gasteiger partial charge is 0.493 e. The molecule has 2 heterocycles. The maximum Gasteiger partial charge on any atom is 0.228 e. The van der Waals surface area contributed by atoms with E-state index in [2.05, 4.69) is 15.3 Å². The molecule has 4 rings (SSSR count). The molecule has 0 aliphatic carbocycles. The van der Waals surface area contributed by atoms with Crippen LogP contribution in [0.5, 0.6) is 11.5 Å². The number of nitrogens with one attached hydrogen (secondary N) is 1. The van der Waals surface area contributed by atoms with Crippen molar-refractivity contribution < 1.29 is 13.9 Å². The summed E-state index contributed by atoms with van der Waals surface area (Å²) in [5.74, 6) is 2.02. The summed E-state index contributed by atoms with van der Waals surface area (Å²) in [5, 5.41) is 3.39. The summed E-state index contributed by atoms with van der Waals surface area (Å²) in [5.41, 5.74) is 4.20. The number of hydrogen-bond donors (Lipinski definition) is 1. The van der Waals surface area contributed by atoms with Gasteiger partial charge in [0.1, 0.15) is 0 Å². The molecule has 2 aromatic carbocycles. The van der Waals surface area contributed by atoms with E-state index in [1.54, 1.807) is 20.4 Å². The molecule has 0 saturated carbocycles. The number of rotatable bonds is 6. The molecule has 0 spiro atoms. The van der Waals surface area contributed by atoms with E-state index in [-0.39, 0.29) is 0 Å². The van der Waals surface area contributed by atoms with E-state index >= 15 is 0 Å². The summed E-state index contributed by atoms with van der Waals surface area (Å²) >= 11 is 0. The molecule has 1 N–H and O–H groups in total. The smallest absolute Gasteiger partial charge is 0.228 e. The Morgan fingerprint density at radius 2 is 1.81 bits per heavy atom. The van der Waals surface area contributed by atoms with Crippen LogP contribution >= 0.6 is 0 Å². The lowest BCUT2D eigenvalue weighted by atomic mass is 10.1. The fraction of sp³-hybridized carbons (Fsp3) is 0.143. The van der Waals surface area contributed by atoms with Gasteiger partial charge in [-0.3, -0.25) is 0 Å². The van der Waals surface area contributed by atoms with Crippen molar-refractivity contribution in [3.8, 4) is 23.0 Å². The van der Waals surface area contributed by atoms with Crippen LogP contribution in [-0.4, -0.2) is 24.2 Å². The van der Waals surface area contributed by atoms with Crippen molar-refractivity contribution >= 4 is 16.9 Å². The van der Waals surface area contributed by atoms with Crippen LogP contribution in [0.3, 0.4) is 0 Å². The number of anilines is 1. The molecule has 0 unspecified atom stereocenters. The van der Waals surface area contributed by atoms with Gasteiger partial charge in [-0.15, -0.1) is 0 Å². The summed E-state index contributed by atoms with van der Waals surface area (Å²) in [6, 6.07) is 17.4. The van der Waals surface area contributed by atoms with Gasteiger partial charge in [0.25, 0.3) is 0 Å². The van der Waals surface area contributed by atoms with Gasteiger partial charge in [0.2, 0.25) is 5.89 Å². The highest BCUT2D eigenvalue weighted by Gasteiger charge is 2.10. The second-order valence-corrected chi connectivity index (χ2v) is 5.93. The number of pyridine rings is 1. The third kappa shape index (κ3) is 3.42.